The Morgan fingerprint density at radius 1 is 0.262 bits per heavy atom. The van der Waals surface area contributed by atoms with Crippen LogP contribution in [-0.2, 0) is 5.41 Å². The molecule has 61 heavy (non-hydrogen) atoms. The Balaban J connectivity index is 0.942. The summed E-state index contributed by atoms with van der Waals surface area (Å²) in [7, 11) is 0. The average Bonchev–Trinajstić information content (AvgIpc) is 3.82. The van der Waals surface area contributed by atoms with Crippen molar-refractivity contribution in [1.82, 2.24) is 19.9 Å². The maximum Gasteiger partial charge on any atom is 0.164 e. The molecule has 0 atom stereocenters. The minimum absolute atomic E-state index is 0.384. The van der Waals surface area contributed by atoms with Crippen LogP contribution in [0.25, 0.3) is 89.8 Å². The van der Waals surface area contributed by atoms with Crippen LogP contribution >= 0.6 is 0 Å². The highest BCUT2D eigenvalue weighted by molar-refractivity contribution is 5.96. The third kappa shape index (κ3) is 5.61. The van der Waals surface area contributed by atoms with E-state index in [1.807, 2.05) is 42.6 Å². The van der Waals surface area contributed by atoms with Gasteiger partial charge in [0.2, 0.25) is 0 Å². The summed E-state index contributed by atoms with van der Waals surface area (Å²) < 4.78 is 0. The van der Waals surface area contributed by atoms with Crippen LogP contribution in [0.5, 0.6) is 0 Å². The van der Waals surface area contributed by atoms with Crippen LogP contribution in [0.4, 0.5) is 0 Å². The highest BCUT2D eigenvalue weighted by Gasteiger charge is 2.51. The summed E-state index contributed by atoms with van der Waals surface area (Å²) >= 11 is 0. The fourth-order valence-corrected chi connectivity index (χ4v) is 9.69. The third-order valence-electron chi connectivity index (χ3n) is 12.5. The molecular weight excluding hydrogens is 741 g/mol. The second-order valence-corrected chi connectivity index (χ2v) is 15.8. The van der Waals surface area contributed by atoms with Crippen molar-refractivity contribution >= 4 is 0 Å². The van der Waals surface area contributed by atoms with Crippen molar-refractivity contribution in [3.05, 3.63) is 241 Å². The number of aromatic nitrogens is 4. The quantitative estimate of drug-likeness (QED) is 0.169. The Hall–Kier alpha value is -8.08. The van der Waals surface area contributed by atoms with Gasteiger partial charge >= 0.3 is 0 Å². The van der Waals surface area contributed by atoms with Gasteiger partial charge in [0, 0.05) is 29.1 Å². The number of nitrogens with zero attached hydrogens (tertiary/aromatic N) is 4. The monoisotopic (exact) mass is 776 g/mol. The zero-order valence-electron chi connectivity index (χ0n) is 33.1. The van der Waals surface area contributed by atoms with Crippen molar-refractivity contribution in [2.24, 2.45) is 0 Å². The molecule has 2 heterocycles. The second-order valence-electron chi connectivity index (χ2n) is 15.8. The van der Waals surface area contributed by atoms with Gasteiger partial charge in [-0.15, -0.1) is 0 Å². The van der Waals surface area contributed by atoms with E-state index in [4.69, 9.17) is 15.0 Å². The Labute approximate surface area is 354 Å². The van der Waals surface area contributed by atoms with Crippen molar-refractivity contribution in [1.29, 1.82) is 0 Å². The van der Waals surface area contributed by atoms with Gasteiger partial charge in [-0.25, -0.2) is 15.0 Å². The van der Waals surface area contributed by atoms with Crippen LogP contribution in [0.3, 0.4) is 0 Å². The predicted molar refractivity (Wildman–Crippen MR) is 247 cm³/mol. The lowest BCUT2D eigenvalue weighted by molar-refractivity contribution is 0.794. The first-order valence-corrected chi connectivity index (χ1v) is 20.7. The van der Waals surface area contributed by atoms with E-state index in [9.17, 15) is 0 Å². The van der Waals surface area contributed by atoms with Crippen LogP contribution in [0.15, 0.2) is 219 Å². The molecule has 0 unspecified atom stereocenters. The Morgan fingerprint density at radius 2 is 0.672 bits per heavy atom. The van der Waals surface area contributed by atoms with Gasteiger partial charge in [-0.1, -0.05) is 182 Å². The highest BCUT2D eigenvalue weighted by atomic mass is 15.0. The third-order valence-corrected chi connectivity index (χ3v) is 12.5. The van der Waals surface area contributed by atoms with Crippen LogP contribution in [0.1, 0.15) is 22.3 Å². The van der Waals surface area contributed by atoms with Crippen LogP contribution < -0.4 is 0 Å². The minimum atomic E-state index is -0.384. The van der Waals surface area contributed by atoms with Gasteiger partial charge in [-0.05, 0) is 102 Å². The number of pyridine rings is 1. The molecule has 1 spiro atoms. The lowest BCUT2D eigenvalue weighted by Gasteiger charge is -2.30. The topological polar surface area (TPSA) is 51.6 Å². The summed E-state index contributed by atoms with van der Waals surface area (Å²) in [6.45, 7) is 0. The van der Waals surface area contributed by atoms with E-state index in [0.717, 1.165) is 38.9 Å². The molecule has 2 aliphatic rings. The lowest BCUT2D eigenvalue weighted by atomic mass is 9.70. The minimum Gasteiger partial charge on any atom is -0.264 e. The first-order valence-electron chi connectivity index (χ1n) is 20.7. The molecule has 0 fully saturated rings. The summed E-state index contributed by atoms with van der Waals surface area (Å²) in [4.78, 5) is 19.4. The Morgan fingerprint density at radius 3 is 1.25 bits per heavy atom. The zero-order valence-corrected chi connectivity index (χ0v) is 33.1. The molecule has 10 aromatic rings. The predicted octanol–water partition coefficient (Wildman–Crippen LogP) is 13.6. The van der Waals surface area contributed by atoms with Gasteiger partial charge in [-0.3, -0.25) is 4.98 Å². The first kappa shape index (κ1) is 34.9. The maximum atomic E-state index is 5.08. The summed E-state index contributed by atoms with van der Waals surface area (Å²) in [6.07, 6.45) is 3.67. The zero-order chi connectivity index (χ0) is 40.3. The van der Waals surface area contributed by atoms with E-state index in [2.05, 4.69) is 175 Å². The molecule has 12 rings (SSSR count). The molecule has 284 valence electrons. The van der Waals surface area contributed by atoms with Crippen LogP contribution in [0.2, 0.25) is 0 Å². The van der Waals surface area contributed by atoms with Gasteiger partial charge in [0.15, 0.2) is 17.5 Å². The van der Waals surface area contributed by atoms with Gasteiger partial charge in [0.1, 0.15) is 0 Å². The van der Waals surface area contributed by atoms with Crippen molar-refractivity contribution in [3.8, 4) is 89.8 Å². The molecule has 0 amide bonds. The van der Waals surface area contributed by atoms with E-state index in [0.29, 0.717) is 17.5 Å². The molecular formula is C57H36N4. The van der Waals surface area contributed by atoms with E-state index in [-0.39, 0.29) is 5.41 Å². The smallest absolute Gasteiger partial charge is 0.164 e. The fraction of sp³-hybridized carbons (Fsp3) is 0.0175. The van der Waals surface area contributed by atoms with Gasteiger partial charge in [0.25, 0.3) is 0 Å². The summed E-state index contributed by atoms with van der Waals surface area (Å²) in [5.41, 5.74) is 19.7. The normalized spacial score (nSPS) is 12.7. The number of hydrogen-bond donors (Lipinski definition) is 0. The van der Waals surface area contributed by atoms with E-state index in [1.54, 1.807) is 6.20 Å². The lowest BCUT2D eigenvalue weighted by Crippen LogP contribution is -2.25. The Kier molecular flexibility index (Phi) is 8.04. The van der Waals surface area contributed by atoms with Gasteiger partial charge < -0.3 is 0 Å². The van der Waals surface area contributed by atoms with Crippen LogP contribution in [0, 0.1) is 0 Å². The summed E-state index contributed by atoms with van der Waals surface area (Å²) in [5.74, 6) is 1.88. The summed E-state index contributed by atoms with van der Waals surface area (Å²) in [6, 6.07) is 73.9. The number of benzene rings is 8. The van der Waals surface area contributed by atoms with Gasteiger partial charge in [0.05, 0.1) is 5.41 Å². The van der Waals surface area contributed by atoms with Crippen molar-refractivity contribution < 1.29 is 0 Å². The molecule has 0 saturated heterocycles. The fourth-order valence-electron chi connectivity index (χ4n) is 9.69. The first-order chi connectivity index (χ1) is 30.2. The van der Waals surface area contributed by atoms with Crippen molar-refractivity contribution in [2.45, 2.75) is 5.41 Å². The van der Waals surface area contributed by atoms with E-state index < -0.39 is 0 Å². The summed E-state index contributed by atoms with van der Waals surface area (Å²) in [5, 5.41) is 0. The Bertz CT molecular complexity index is 3240. The average molecular weight is 777 g/mol. The molecule has 2 aliphatic carbocycles. The SMILES string of the molecule is c1ccc(-c2nc(-c3ccc(-c4cccnc4)cc3)nc(-c3cccc(-c4cccc(-c5ccc6c(c5)C5(c7ccccc7-c7ccccc75)c5ccccc5-6)c4)c3)n2)cc1. The van der Waals surface area contributed by atoms with E-state index in [1.165, 1.54) is 55.6 Å². The molecule has 0 bridgehead atoms. The van der Waals surface area contributed by atoms with Crippen molar-refractivity contribution in [2.75, 3.05) is 0 Å². The van der Waals surface area contributed by atoms with Crippen molar-refractivity contribution in [3.63, 3.8) is 0 Å². The second kappa shape index (κ2) is 14.0. The highest BCUT2D eigenvalue weighted by Crippen LogP contribution is 2.63. The molecule has 0 radical (unpaired) electrons. The molecule has 0 aliphatic heterocycles. The maximum absolute atomic E-state index is 5.08. The number of hydrogen-bond acceptors (Lipinski definition) is 4. The molecule has 8 aromatic carbocycles. The molecule has 4 nitrogen and oxygen atoms in total. The van der Waals surface area contributed by atoms with Crippen LogP contribution in [-0.4, -0.2) is 19.9 Å². The molecule has 4 heteroatoms. The van der Waals surface area contributed by atoms with E-state index >= 15 is 0 Å². The molecule has 2 aromatic heterocycles. The number of fused-ring (bicyclic) bond motifs is 10. The number of rotatable bonds is 6. The largest absolute Gasteiger partial charge is 0.264 e. The molecule has 0 N–H and O–H groups in total. The standard InChI is InChI=1S/C57H36N4/c1-2-13-38(14-3-1)54-59-55(39-28-26-37(27-29-39)45-19-12-32-58-36-45)61-56(60-54)44-18-11-17-42(34-44)40-15-10-16-41(33-40)43-30-31-49-48-22-6-9-25-52(48)57(53(49)35-43)50-23-7-4-20-46(50)47-21-5-8-24-51(47)57/h1-36H. The van der Waals surface area contributed by atoms with Gasteiger partial charge in [-0.2, -0.15) is 0 Å². The molecule has 0 saturated carbocycles.